The molecule has 1 heterocycles. The van der Waals surface area contributed by atoms with Crippen LogP contribution in [0.3, 0.4) is 0 Å². The highest BCUT2D eigenvalue weighted by molar-refractivity contribution is 9.10. The lowest BCUT2D eigenvalue weighted by Crippen LogP contribution is -2.40. The van der Waals surface area contributed by atoms with Crippen molar-refractivity contribution in [3.8, 4) is 17.2 Å². The van der Waals surface area contributed by atoms with Gasteiger partial charge >= 0.3 is 0 Å². The zero-order chi connectivity index (χ0) is 20.2. The fourth-order valence-corrected chi connectivity index (χ4v) is 4.86. The minimum Gasteiger partial charge on any atom is -0.543 e. The molecular weight excluding hydrogens is 428 g/mol. The highest BCUT2D eigenvalue weighted by Gasteiger charge is 2.30. The van der Waals surface area contributed by atoms with Crippen molar-refractivity contribution in [1.82, 2.24) is 10.2 Å². The molecule has 8 heteroatoms. The zero-order valence-electron chi connectivity index (χ0n) is 17.1. The first-order chi connectivity index (χ1) is 12.7. The Bertz CT molecular complexity index is 679. The predicted molar refractivity (Wildman–Crippen MR) is 114 cm³/mol. The van der Waals surface area contributed by atoms with Gasteiger partial charge in [0, 0.05) is 18.7 Å². The standard InChI is InChI=1S/C19H31BrN2O4Si/c1-7-22-10-8-9-13(22)12-21-19(23)16-17(26-27(4,5)6)14(20)11-15(24-2)18(16)25-3/h11,13H,7-10,12H2,1-6H3,(H,21,23)/t13-/m0/s1. The van der Waals surface area contributed by atoms with Crippen LogP contribution in [0.4, 0.5) is 0 Å². The Hall–Kier alpha value is -1.25. The largest absolute Gasteiger partial charge is 0.543 e. The van der Waals surface area contributed by atoms with E-state index >= 15 is 0 Å². The van der Waals surface area contributed by atoms with Crippen LogP contribution in [-0.2, 0) is 0 Å². The quantitative estimate of drug-likeness (QED) is 0.598. The molecule has 0 aliphatic carbocycles. The van der Waals surface area contributed by atoms with Gasteiger partial charge in [-0.15, -0.1) is 0 Å². The van der Waals surface area contributed by atoms with Crippen LogP contribution in [0.2, 0.25) is 19.6 Å². The van der Waals surface area contributed by atoms with Crippen LogP contribution in [-0.4, -0.2) is 59.0 Å². The van der Waals surface area contributed by atoms with E-state index in [1.165, 1.54) is 13.5 Å². The van der Waals surface area contributed by atoms with Gasteiger partial charge < -0.3 is 19.2 Å². The summed E-state index contributed by atoms with van der Waals surface area (Å²) in [6, 6.07) is 2.15. The second kappa shape index (κ2) is 9.30. The molecule has 0 spiro atoms. The number of carbonyl (C=O) groups excluding carboxylic acids is 1. The van der Waals surface area contributed by atoms with E-state index in [0.29, 0.717) is 39.9 Å². The van der Waals surface area contributed by atoms with E-state index < -0.39 is 8.32 Å². The molecule has 1 saturated heterocycles. The fourth-order valence-electron chi connectivity index (χ4n) is 3.40. The molecule has 1 aromatic carbocycles. The van der Waals surface area contributed by atoms with Crippen molar-refractivity contribution in [2.75, 3.05) is 33.9 Å². The monoisotopic (exact) mass is 458 g/mol. The van der Waals surface area contributed by atoms with E-state index in [2.05, 4.69) is 52.7 Å². The molecular formula is C19H31BrN2O4Si. The summed E-state index contributed by atoms with van der Waals surface area (Å²) < 4.78 is 17.9. The van der Waals surface area contributed by atoms with Crippen molar-refractivity contribution in [2.45, 2.75) is 45.4 Å². The van der Waals surface area contributed by atoms with Crippen LogP contribution in [0.5, 0.6) is 17.2 Å². The predicted octanol–water partition coefficient (Wildman–Crippen LogP) is 3.89. The van der Waals surface area contributed by atoms with Crippen LogP contribution in [0.15, 0.2) is 10.5 Å². The van der Waals surface area contributed by atoms with Gasteiger partial charge in [-0.05, 0) is 61.5 Å². The molecule has 1 aromatic rings. The van der Waals surface area contributed by atoms with Crippen molar-refractivity contribution in [2.24, 2.45) is 0 Å². The van der Waals surface area contributed by atoms with E-state index in [-0.39, 0.29) is 5.91 Å². The van der Waals surface area contributed by atoms with Crippen LogP contribution in [0.1, 0.15) is 30.1 Å². The van der Waals surface area contributed by atoms with E-state index in [4.69, 9.17) is 13.9 Å². The summed E-state index contributed by atoms with van der Waals surface area (Å²) in [5, 5.41) is 3.08. The van der Waals surface area contributed by atoms with Crippen LogP contribution < -0.4 is 19.2 Å². The van der Waals surface area contributed by atoms with Gasteiger partial charge in [-0.25, -0.2) is 0 Å². The fraction of sp³-hybridized carbons (Fsp3) is 0.632. The lowest BCUT2D eigenvalue weighted by Gasteiger charge is -2.26. The SMILES string of the molecule is CCN1CCC[C@H]1CNC(=O)c1c(O[Si](C)(C)C)c(Br)cc(OC)c1OC. The molecule has 2 rings (SSSR count). The Kier molecular flexibility index (Phi) is 7.59. The number of nitrogens with zero attached hydrogens (tertiary/aromatic N) is 1. The summed E-state index contributed by atoms with van der Waals surface area (Å²) >= 11 is 3.53. The number of ether oxygens (including phenoxy) is 2. The van der Waals surface area contributed by atoms with E-state index in [0.717, 1.165) is 19.5 Å². The zero-order valence-corrected chi connectivity index (χ0v) is 19.7. The van der Waals surface area contributed by atoms with E-state index in [9.17, 15) is 4.79 Å². The molecule has 0 aromatic heterocycles. The Labute approximate surface area is 171 Å². The van der Waals surface area contributed by atoms with Gasteiger partial charge in [-0.2, -0.15) is 0 Å². The average molecular weight is 459 g/mol. The summed E-state index contributed by atoms with van der Waals surface area (Å²) in [5.74, 6) is 1.20. The second-order valence-electron chi connectivity index (χ2n) is 7.65. The molecule has 0 radical (unpaired) electrons. The smallest absolute Gasteiger partial charge is 0.259 e. The van der Waals surface area contributed by atoms with Gasteiger partial charge in [-0.1, -0.05) is 6.92 Å². The summed E-state index contributed by atoms with van der Waals surface area (Å²) in [7, 11) is 1.15. The summed E-state index contributed by atoms with van der Waals surface area (Å²) in [6.07, 6.45) is 2.28. The van der Waals surface area contributed by atoms with Crippen molar-refractivity contribution in [1.29, 1.82) is 0 Å². The number of hydrogen-bond acceptors (Lipinski definition) is 5. The number of methoxy groups -OCH3 is 2. The molecule has 0 bridgehead atoms. The normalized spacial score (nSPS) is 17.7. The number of halogens is 1. The molecule has 27 heavy (non-hydrogen) atoms. The number of likely N-dealkylation sites (N-methyl/N-ethyl adjacent to an activating group) is 1. The molecule has 152 valence electrons. The summed E-state index contributed by atoms with van der Waals surface area (Å²) in [5.41, 5.74) is 0.382. The first kappa shape index (κ1) is 22.0. The molecule has 1 amide bonds. The summed E-state index contributed by atoms with van der Waals surface area (Å²) in [6.45, 7) is 11.1. The molecule has 1 fully saturated rings. The number of likely N-dealkylation sites (tertiary alicyclic amines) is 1. The number of rotatable bonds is 8. The molecule has 1 atom stereocenters. The Morgan fingerprint density at radius 3 is 2.56 bits per heavy atom. The lowest BCUT2D eigenvalue weighted by atomic mass is 10.1. The maximum atomic E-state index is 13.2. The van der Waals surface area contributed by atoms with Crippen molar-refractivity contribution in [3.63, 3.8) is 0 Å². The first-order valence-electron chi connectivity index (χ1n) is 9.37. The molecule has 0 saturated carbocycles. The summed E-state index contributed by atoms with van der Waals surface area (Å²) in [4.78, 5) is 15.6. The highest BCUT2D eigenvalue weighted by Crippen LogP contribution is 2.43. The maximum Gasteiger partial charge on any atom is 0.259 e. The van der Waals surface area contributed by atoms with E-state index in [1.54, 1.807) is 13.2 Å². The minimum atomic E-state index is -1.95. The van der Waals surface area contributed by atoms with Gasteiger partial charge in [-0.3, -0.25) is 9.69 Å². The average Bonchev–Trinajstić information content (AvgIpc) is 3.07. The number of amides is 1. The molecule has 1 aliphatic heterocycles. The Balaban J connectivity index is 2.36. The lowest BCUT2D eigenvalue weighted by molar-refractivity contribution is 0.0935. The molecule has 1 aliphatic rings. The molecule has 6 nitrogen and oxygen atoms in total. The second-order valence-corrected chi connectivity index (χ2v) is 12.9. The Morgan fingerprint density at radius 1 is 1.30 bits per heavy atom. The number of hydrogen-bond donors (Lipinski definition) is 1. The van der Waals surface area contributed by atoms with E-state index in [1.807, 2.05) is 0 Å². The highest BCUT2D eigenvalue weighted by atomic mass is 79.9. The number of carbonyl (C=O) groups is 1. The van der Waals surface area contributed by atoms with Gasteiger partial charge in [0.1, 0.15) is 11.3 Å². The van der Waals surface area contributed by atoms with Crippen LogP contribution in [0.25, 0.3) is 0 Å². The third-order valence-corrected chi connectivity index (χ3v) is 6.02. The van der Waals surface area contributed by atoms with Crippen LogP contribution >= 0.6 is 15.9 Å². The topological polar surface area (TPSA) is 60.0 Å². The molecule has 1 N–H and O–H groups in total. The number of nitrogens with one attached hydrogen (secondary N) is 1. The van der Waals surface area contributed by atoms with Gasteiger partial charge in [0.05, 0.1) is 18.7 Å². The van der Waals surface area contributed by atoms with Gasteiger partial charge in [0.15, 0.2) is 11.5 Å². The molecule has 0 unspecified atom stereocenters. The van der Waals surface area contributed by atoms with Gasteiger partial charge in [0.25, 0.3) is 5.91 Å². The number of benzene rings is 1. The van der Waals surface area contributed by atoms with Gasteiger partial charge in [0.2, 0.25) is 8.32 Å². The Morgan fingerprint density at radius 2 is 2.00 bits per heavy atom. The third kappa shape index (κ3) is 5.39. The minimum absolute atomic E-state index is 0.206. The van der Waals surface area contributed by atoms with Crippen molar-refractivity contribution >= 4 is 30.2 Å². The first-order valence-corrected chi connectivity index (χ1v) is 13.6. The van der Waals surface area contributed by atoms with Crippen molar-refractivity contribution < 1.29 is 18.7 Å². The van der Waals surface area contributed by atoms with Crippen LogP contribution in [0, 0.1) is 0 Å². The van der Waals surface area contributed by atoms with Crippen molar-refractivity contribution in [3.05, 3.63) is 16.1 Å². The maximum absolute atomic E-state index is 13.2. The third-order valence-electron chi connectivity index (χ3n) is 4.62.